The molecule has 2 aliphatic heterocycles. The van der Waals surface area contributed by atoms with E-state index < -0.39 is 0 Å². The van der Waals surface area contributed by atoms with E-state index in [-0.39, 0.29) is 0 Å². The molecular formula is C13H21N3OS. The third-order valence-corrected chi connectivity index (χ3v) is 4.82. The Bertz CT molecular complexity index is 389. The Morgan fingerprint density at radius 3 is 3.28 bits per heavy atom. The Labute approximate surface area is 112 Å². The minimum absolute atomic E-state index is 0.444. The van der Waals surface area contributed by atoms with Crippen LogP contribution in [0.3, 0.4) is 0 Å². The van der Waals surface area contributed by atoms with Crippen LogP contribution in [0.1, 0.15) is 23.0 Å². The number of thiazole rings is 1. The molecule has 2 unspecified atom stereocenters. The second-order valence-corrected chi connectivity index (χ2v) is 6.24. The van der Waals surface area contributed by atoms with Crippen molar-refractivity contribution in [1.29, 1.82) is 0 Å². The van der Waals surface area contributed by atoms with Gasteiger partial charge in [-0.15, -0.1) is 11.3 Å². The molecule has 3 heterocycles. The molecule has 4 nitrogen and oxygen atoms in total. The summed E-state index contributed by atoms with van der Waals surface area (Å²) in [5, 5.41) is 7.04. The summed E-state index contributed by atoms with van der Waals surface area (Å²) in [4.78, 5) is 7.21. The monoisotopic (exact) mass is 267 g/mol. The minimum Gasteiger partial charge on any atom is -0.379 e. The predicted molar refractivity (Wildman–Crippen MR) is 73.3 cm³/mol. The van der Waals surface area contributed by atoms with Gasteiger partial charge in [0.25, 0.3) is 0 Å². The third-order valence-electron chi connectivity index (χ3n) is 3.76. The van der Waals surface area contributed by atoms with Crippen LogP contribution in [0.15, 0.2) is 5.38 Å². The fourth-order valence-electron chi connectivity index (χ4n) is 2.74. The molecule has 18 heavy (non-hydrogen) atoms. The van der Waals surface area contributed by atoms with Crippen molar-refractivity contribution in [3.8, 4) is 0 Å². The summed E-state index contributed by atoms with van der Waals surface area (Å²) < 4.78 is 5.48. The summed E-state index contributed by atoms with van der Waals surface area (Å²) in [5.41, 5.74) is 1.23. The van der Waals surface area contributed by atoms with Gasteiger partial charge in [0.05, 0.1) is 23.9 Å². The van der Waals surface area contributed by atoms with Crippen molar-refractivity contribution in [2.75, 3.05) is 39.9 Å². The number of likely N-dealkylation sites (tertiary alicyclic amines) is 1. The van der Waals surface area contributed by atoms with E-state index in [2.05, 4.69) is 22.6 Å². The molecule has 2 fully saturated rings. The number of hydrogen-bond donors (Lipinski definition) is 1. The molecule has 3 rings (SSSR count). The van der Waals surface area contributed by atoms with Crippen LogP contribution in [0.25, 0.3) is 0 Å². The molecule has 1 aromatic rings. The van der Waals surface area contributed by atoms with E-state index in [1.807, 2.05) is 11.3 Å². The van der Waals surface area contributed by atoms with Crippen LogP contribution < -0.4 is 5.32 Å². The summed E-state index contributed by atoms with van der Waals surface area (Å²) in [7, 11) is 2.19. The maximum absolute atomic E-state index is 5.48. The molecule has 1 N–H and O–H groups in total. The Balaban J connectivity index is 1.59. The van der Waals surface area contributed by atoms with Gasteiger partial charge in [-0.2, -0.15) is 0 Å². The molecule has 0 aromatic carbocycles. The van der Waals surface area contributed by atoms with Crippen LogP contribution >= 0.6 is 11.3 Å². The first-order valence-electron chi connectivity index (χ1n) is 6.75. The van der Waals surface area contributed by atoms with E-state index in [1.165, 1.54) is 23.7 Å². The van der Waals surface area contributed by atoms with E-state index in [9.17, 15) is 0 Å². The molecule has 100 valence electrons. The lowest BCUT2D eigenvalue weighted by Gasteiger charge is -2.22. The Kier molecular flexibility index (Phi) is 3.94. The maximum Gasteiger partial charge on any atom is 0.0972 e. The first kappa shape index (κ1) is 12.5. The molecule has 0 saturated carbocycles. The predicted octanol–water partition coefficient (Wildman–Crippen LogP) is 1.09. The molecule has 2 atom stereocenters. The van der Waals surface area contributed by atoms with Crippen LogP contribution in [0, 0.1) is 0 Å². The number of hydrogen-bond acceptors (Lipinski definition) is 5. The normalized spacial score (nSPS) is 29.8. The van der Waals surface area contributed by atoms with E-state index in [4.69, 9.17) is 9.72 Å². The van der Waals surface area contributed by atoms with Gasteiger partial charge < -0.3 is 15.0 Å². The highest BCUT2D eigenvalue weighted by Gasteiger charge is 2.24. The molecule has 0 amide bonds. The van der Waals surface area contributed by atoms with Gasteiger partial charge in [-0.05, 0) is 20.0 Å². The second kappa shape index (κ2) is 5.65. The quantitative estimate of drug-likeness (QED) is 0.890. The van der Waals surface area contributed by atoms with E-state index in [0.29, 0.717) is 12.0 Å². The number of morpholine rings is 1. The highest BCUT2D eigenvalue weighted by Crippen LogP contribution is 2.28. The molecule has 0 radical (unpaired) electrons. The number of nitrogens with zero attached hydrogens (tertiary/aromatic N) is 2. The summed E-state index contributed by atoms with van der Waals surface area (Å²) in [5.74, 6) is 0.657. The average molecular weight is 267 g/mol. The van der Waals surface area contributed by atoms with Gasteiger partial charge in [0.2, 0.25) is 0 Å². The van der Waals surface area contributed by atoms with Crippen LogP contribution in [0.4, 0.5) is 0 Å². The topological polar surface area (TPSA) is 37.4 Å². The largest absolute Gasteiger partial charge is 0.379 e. The molecule has 5 heteroatoms. The van der Waals surface area contributed by atoms with Crippen molar-refractivity contribution in [2.45, 2.75) is 24.8 Å². The third kappa shape index (κ3) is 2.91. The van der Waals surface area contributed by atoms with Crippen molar-refractivity contribution in [3.05, 3.63) is 16.1 Å². The Morgan fingerprint density at radius 1 is 1.61 bits per heavy atom. The number of likely N-dealkylation sites (N-methyl/N-ethyl adjacent to an activating group) is 1. The average Bonchev–Trinajstić information content (AvgIpc) is 2.99. The minimum atomic E-state index is 0.444. The molecular weight excluding hydrogens is 246 g/mol. The van der Waals surface area contributed by atoms with Crippen LogP contribution in [0.5, 0.6) is 0 Å². The molecule has 0 spiro atoms. The van der Waals surface area contributed by atoms with Gasteiger partial charge >= 0.3 is 0 Å². The van der Waals surface area contributed by atoms with Gasteiger partial charge in [-0.25, -0.2) is 4.98 Å². The van der Waals surface area contributed by atoms with Gasteiger partial charge in [0.15, 0.2) is 0 Å². The van der Waals surface area contributed by atoms with Crippen molar-refractivity contribution >= 4 is 11.3 Å². The smallest absolute Gasteiger partial charge is 0.0972 e. The lowest BCUT2D eigenvalue weighted by atomic mass is 10.1. The lowest BCUT2D eigenvalue weighted by Crippen LogP contribution is -2.42. The molecule has 0 bridgehead atoms. The zero-order valence-corrected chi connectivity index (χ0v) is 11.7. The number of nitrogens with one attached hydrogen (secondary N) is 1. The molecule has 2 aliphatic rings. The standard InChI is InChI=1S/C13H21N3OS/c1-16-4-2-10(7-16)13-15-12(9-18-13)6-11-8-17-5-3-14-11/h9-11,14H,2-8H2,1H3. The van der Waals surface area contributed by atoms with Crippen LogP contribution in [-0.4, -0.2) is 55.8 Å². The number of ether oxygens (including phenoxy) is 1. The highest BCUT2D eigenvalue weighted by atomic mass is 32.1. The molecule has 0 aliphatic carbocycles. The summed E-state index contributed by atoms with van der Waals surface area (Å²) >= 11 is 1.83. The van der Waals surface area contributed by atoms with E-state index in [1.54, 1.807) is 0 Å². The zero-order chi connectivity index (χ0) is 12.4. The Hall–Kier alpha value is -0.490. The fraction of sp³-hybridized carbons (Fsp3) is 0.769. The van der Waals surface area contributed by atoms with Crippen molar-refractivity contribution in [1.82, 2.24) is 15.2 Å². The van der Waals surface area contributed by atoms with Gasteiger partial charge in [-0.1, -0.05) is 0 Å². The summed E-state index contributed by atoms with van der Waals surface area (Å²) in [6.07, 6.45) is 2.26. The van der Waals surface area contributed by atoms with E-state index >= 15 is 0 Å². The van der Waals surface area contributed by atoms with Crippen LogP contribution in [-0.2, 0) is 11.2 Å². The van der Waals surface area contributed by atoms with Gasteiger partial charge in [0.1, 0.15) is 0 Å². The first-order valence-corrected chi connectivity index (χ1v) is 7.63. The second-order valence-electron chi connectivity index (χ2n) is 5.36. The van der Waals surface area contributed by atoms with Crippen molar-refractivity contribution in [3.63, 3.8) is 0 Å². The fourth-order valence-corrected chi connectivity index (χ4v) is 3.70. The van der Waals surface area contributed by atoms with Crippen LogP contribution in [0.2, 0.25) is 0 Å². The van der Waals surface area contributed by atoms with Gasteiger partial charge in [-0.3, -0.25) is 0 Å². The highest BCUT2D eigenvalue weighted by molar-refractivity contribution is 7.09. The molecule has 1 aromatic heterocycles. The van der Waals surface area contributed by atoms with Crippen molar-refractivity contribution < 1.29 is 4.74 Å². The first-order chi connectivity index (χ1) is 8.81. The van der Waals surface area contributed by atoms with E-state index in [0.717, 1.165) is 32.7 Å². The maximum atomic E-state index is 5.48. The SMILES string of the molecule is CN1CCC(c2nc(CC3COCCN3)cs2)C1. The van der Waals surface area contributed by atoms with Crippen molar-refractivity contribution in [2.24, 2.45) is 0 Å². The number of aromatic nitrogens is 1. The Morgan fingerprint density at radius 2 is 2.56 bits per heavy atom. The van der Waals surface area contributed by atoms with Gasteiger partial charge in [0, 0.05) is 36.9 Å². The summed E-state index contributed by atoms with van der Waals surface area (Å²) in [6, 6.07) is 0.444. The summed E-state index contributed by atoms with van der Waals surface area (Å²) in [6.45, 7) is 5.00. The number of rotatable bonds is 3. The molecule has 2 saturated heterocycles. The zero-order valence-electron chi connectivity index (χ0n) is 10.9. The lowest BCUT2D eigenvalue weighted by molar-refractivity contribution is 0.0767.